The van der Waals surface area contributed by atoms with E-state index in [2.05, 4.69) is 56.5 Å². The number of hydrogen-bond acceptors (Lipinski definition) is 7. The zero-order valence-corrected chi connectivity index (χ0v) is 20.3. The predicted octanol–water partition coefficient (Wildman–Crippen LogP) is 3.71. The third-order valence-electron chi connectivity index (χ3n) is 5.24. The largest absolute Gasteiger partial charge is 0.376 e. The molecule has 1 saturated heterocycles. The smallest absolute Gasteiger partial charge is 0.239 e. The van der Waals surface area contributed by atoms with Gasteiger partial charge in [-0.15, -0.1) is 5.10 Å². The number of aromatic nitrogens is 3. The first-order valence-electron chi connectivity index (χ1n) is 11.0. The molecular weight excluding hydrogens is 424 g/mol. The molecule has 3 heterocycles. The molecule has 0 saturated carbocycles. The third-order valence-corrected chi connectivity index (χ3v) is 6.26. The van der Waals surface area contributed by atoms with E-state index < -0.39 is 0 Å². The van der Waals surface area contributed by atoms with Crippen LogP contribution < -0.4 is 15.5 Å². The first-order valence-corrected chi connectivity index (χ1v) is 11.9. The van der Waals surface area contributed by atoms with Gasteiger partial charge < -0.3 is 20.3 Å². The summed E-state index contributed by atoms with van der Waals surface area (Å²) in [6, 6.07) is 8.32. The van der Waals surface area contributed by atoms with Gasteiger partial charge >= 0.3 is 0 Å². The topological polar surface area (TPSA) is 83.8 Å². The Hall–Kier alpha value is -2.65. The van der Waals surface area contributed by atoms with Crippen LogP contribution in [0.5, 0.6) is 0 Å². The molecular formula is C23H32N6O2S. The van der Waals surface area contributed by atoms with E-state index in [-0.39, 0.29) is 24.1 Å². The van der Waals surface area contributed by atoms with Crippen LogP contribution in [0.3, 0.4) is 0 Å². The summed E-state index contributed by atoms with van der Waals surface area (Å²) in [6.45, 7) is 10.0. The number of amides is 1. The molecule has 0 bridgehead atoms. The fourth-order valence-corrected chi connectivity index (χ4v) is 4.59. The van der Waals surface area contributed by atoms with Gasteiger partial charge in [0.1, 0.15) is 5.69 Å². The van der Waals surface area contributed by atoms with Gasteiger partial charge in [0.25, 0.3) is 0 Å². The fraction of sp³-hybridized carbons (Fsp3) is 0.522. The monoisotopic (exact) mass is 456 g/mol. The Bertz CT molecular complexity index is 1090. The maximum Gasteiger partial charge on any atom is 0.239 e. The zero-order chi connectivity index (χ0) is 22.9. The van der Waals surface area contributed by atoms with Crippen molar-refractivity contribution in [3.05, 3.63) is 29.8 Å². The number of nitrogens with one attached hydrogen (secondary N) is 2. The molecule has 9 heteroatoms. The number of ether oxygens (including phenoxy) is 1. The van der Waals surface area contributed by atoms with Crippen LogP contribution in [-0.2, 0) is 9.53 Å². The first kappa shape index (κ1) is 22.5. The Morgan fingerprint density at radius 3 is 2.88 bits per heavy atom. The minimum atomic E-state index is -0.160. The number of imidazole rings is 1. The summed E-state index contributed by atoms with van der Waals surface area (Å²) >= 11 is 1.47. The number of carbonyl (C=O) groups is 1. The van der Waals surface area contributed by atoms with Crippen LogP contribution in [0.15, 0.2) is 24.3 Å². The molecule has 1 atom stereocenters. The predicted molar refractivity (Wildman–Crippen MR) is 130 cm³/mol. The van der Waals surface area contributed by atoms with E-state index >= 15 is 0 Å². The number of anilines is 2. The minimum Gasteiger partial charge on any atom is -0.376 e. The second kappa shape index (κ2) is 9.07. The summed E-state index contributed by atoms with van der Waals surface area (Å²) in [6.07, 6.45) is 2.21. The summed E-state index contributed by atoms with van der Waals surface area (Å²) in [7, 11) is 1.88. The Morgan fingerprint density at radius 2 is 2.19 bits per heavy atom. The average molecular weight is 457 g/mol. The van der Waals surface area contributed by atoms with Crippen LogP contribution in [0.4, 0.5) is 10.9 Å². The van der Waals surface area contributed by atoms with Crippen molar-refractivity contribution < 1.29 is 9.53 Å². The minimum absolute atomic E-state index is 0.0377. The Morgan fingerprint density at radius 1 is 1.38 bits per heavy atom. The molecule has 1 aliphatic heterocycles. The van der Waals surface area contributed by atoms with Crippen molar-refractivity contribution >= 4 is 33.2 Å². The molecule has 8 nitrogen and oxygen atoms in total. The van der Waals surface area contributed by atoms with Gasteiger partial charge in [0.15, 0.2) is 5.82 Å². The summed E-state index contributed by atoms with van der Waals surface area (Å²) in [5.41, 5.74) is 2.96. The zero-order valence-electron chi connectivity index (χ0n) is 19.4. The van der Waals surface area contributed by atoms with E-state index in [1.54, 1.807) is 0 Å². The molecule has 1 fully saturated rings. The number of rotatable bonds is 7. The number of hydrogen-bond donors (Lipinski definition) is 2. The molecule has 1 aliphatic rings. The van der Waals surface area contributed by atoms with Crippen LogP contribution in [-0.4, -0.2) is 58.9 Å². The molecule has 2 N–H and O–H groups in total. The van der Waals surface area contributed by atoms with Gasteiger partial charge in [-0.1, -0.05) is 35.1 Å². The highest BCUT2D eigenvalue weighted by atomic mass is 32.1. The number of aryl methyl sites for hydroxylation is 1. The van der Waals surface area contributed by atoms with Gasteiger partial charge in [-0.3, -0.25) is 4.79 Å². The van der Waals surface area contributed by atoms with Gasteiger partial charge in [0.05, 0.1) is 12.6 Å². The Labute approximate surface area is 193 Å². The quantitative estimate of drug-likeness (QED) is 0.564. The molecule has 0 unspecified atom stereocenters. The highest BCUT2D eigenvalue weighted by Gasteiger charge is 2.24. The lowest BCUT2D eigenvalue weighted by atomic mass is 10.1. The number of carbonyl (C=O) groups excluding carboxylic acids is 1. The second-order valence-corrected chi connectivity index (χ2v) is 10.4. The molecule has 1 aromatic carbocycles. The molecule has 0 radical (unpaired) electrons. The maximum atomic E-state index is 12.4. The molecule has 0 spiro atoms. The average Bonchev–Trinajstić information content (AvgIpc) is 3.43. The molecule has 1 amide bonds. The van der Waals surface area contributed by atoms with E-state index in [4.69, 9.17) is 14.8 Å². The lowest BCUT2D eigenvalue weighted by molar-refractivity contribution is -0.120. The summed E-state index contributed by atoms with van der Waals surface area (Å²) in [4.78, 5) is 19.9. The van der Waals surface area contributed by atoms with E-state index in [0.29, 0.717) is 6.54 Å². The summed E-state index contributed by atoms with van der Waals surface area (Å²) in [5.74, 6) is 0.821. The molecule has 0 aliphatic carbocycles. The van der Waals surface area contributed by atoms with Crippen LogP contribution in [0.25, 0.3) is 16.2 Å². The maximum absolute atomic E-state index is 12.4. The highest BCUT2D eigenvalue weighted by molar-refractivity contribution is 7.20. The highest BCUT2D eigenvalue weighted by Crippen LogP contribution is 2.34. The van der Waals surface area contributed by atoms with Crippen molar-refractivity contribution in [1.82, 2.24) is 19.9 Å². The number of nitrogens with zero attached hydrogens (tertiary/aromatic N) is 4. The molecule has 4 rings (SSSR count). The SMILES string of the molecule is Cc1cccc(-c2nc3sc(N(C)CC(=O)NC[C@@H]4CCCO4)nn3c2NC(C)(C)C)c1. The first-order chi connectivity index (χ1) is 15.2. The van der Waals surface area contributed by atoms with Crippen molar-refractivity contribution in [3.63, 3.8) is 0 Å². The Kier molecular flexibility index (Phi) is 6.39. The summed E-state index contributed by atoms with van der Waals surface area (Å²) < 4.78 is 7.42. The van der Waals surface area contributed by atoms with Crippen molar-refractivity contribution in [1.29, 1.82) is 0 Å². The molecule has 32 heavy (non-hydrogen) atoms. The Balaban J connectivity index is 1.55. The van der Waals surface area contributed by atoms with E-state index in [0.717, 1.165) is 46.6 Å². The molecule has 172 valence electrons. The van der Waals surface area contributed by atoms with E-state index in [1.807, 2.05) is 22.5 Å². The van der Waals surface area contributed by atoms with Crippen molar-refractivity contribution in [2.45, 2.75) is 52.2 Å². The lowest BCUT2D eigenvalue weighted by Crippen LogP contribution is -2.38. The number of likely N-dealkylation sites (N-methyl/N-ethyl adjacent to an activating group) is 1. The number of fused-ring (bicyclic) bond motifs is 1. The van der Waals surface area contributed by atoms with Crippen LogP contribution in [0.2, 0.25) is 0 Å². The molecule has 3 aromatic rings. The summed E-state index contributed by atoms with van der Waals surface area (Å²) in [5, 5.41) is 12.1. The lowest BCUT2D eigenvalue weighted by Gasteiger charge is -2.22. The van der Waals surface area contributed by atoms with Gasteiger partial charge in [-0.05, 0) is 46.6 Å². The van der Waals surface area contributed by atoms with Crippen LogP contribution >= 0.6 is 11.3 Å². The van der Waals surface area contributed by atoms with Crippen molar-refractivity contribution in [2.24, 2.45) is 0 Å². The standard InChI is InChI=1S/C23H32N6O2S/c1-15-8-6-9-16(12-15)19-20(26-23(2,3)4)29-21(25-19)32-22(27-29)28(5)14-18(30)24-13-17-10-7-11-31-17/h6,8-9,12,17,26H,7,10-11,13-14H2,1-5H3,(H,24,30)/t17-/m0/s1. The fourth-order valence-electron chi connectivity index (χ4n) is 3.73. The van der Waals surface area contributed by atoms with Crippen molar-refractivity contribution in [2.75, 3.05) is 37.0 Å². The van der Waals surface area contributed by atoms with Crippen LogP contribution in [0, 0.1) is 6.92 Å². The van der Waals surface area contributed by atoms with Crippen LogP contribution in [0.1, 0.15) is 39.2 Å². The van der Waals surface area contributed by atoms with Gasteiger partial charge in [-0.25, -0.2) is 4.98 Å². The third kappa shape index (κ3) is 5.21. The normalized spacial score (nSPS) is 16.5. The number of benzene rings is 1. The van der Waals surface area contributed by atoms with Gasteiger partial charge in [0.2, 0.25) is 16.0 Å². The van der Waals surface area contributed by atoms with Gasteiger partial charge in [-0.2, -0.15) is 4.52 Å². The van der Waals surface area contributed by atoms with Gasteiger partial charge in [0, 0.05) is 31.3 Å². The second-order valence-electron chi connectivity index (χ2n) is 9.43. The van der Waals surface area contributed by atoms with E-state index in [1.165, 1.54) is 16.9 Å². The molecule has 2 aromatic heterocycles. The van der Waals surface area contributed by atoms with E-state index in [9.17, 15) is 4.79 Å². The van der Waals surface area contributed by atoms with Crippen molar-refractivity contribution in [3.8, 4) is 11.3 Å².